The van der Waals surface area contributed by atoms with E-state index in [1.807, 2.05) is 6.92 Å². The Morgan fingerprint density at radius 2 is 0.762 bits per heavy atom. The normalized spacial score (nSPS) is 8.52. The molecule has 0 aromatic rings. The van der Waals surface area contributed by atoms with E-state index in [4.69, 9.17) is 68.9 Å². The van der Waals surface area contributed by atoms with Crippen molar-refractivity contribution in [2.45, 2.75) is 13.0 Å². The molecular formula is C3H18N2O12P4+4. The highest BCUT2D eigenvalue weighted by Gasteiger charge is 1.94. The molecule has 1 atom stereocenters. The molecule has 14 nitrogen and oxygen atoms in total. The lowest BCUT2D eigenvalue weighted by Gasteiger charge is -1.92. The summed E-state index contributed by atoms with van der Waals surface area (Å²) in [6, 6.07) is 0.162. The fraction of sp³-hybridized carbons (Fsp3) is 1.00. The molecule has 12 N–H and O–H groups in total. The molecule has 0 aromatic carbocycles. The van der Waals surface area contributed by atoms with Gasteiger partial charge in [-0.3, -0.25) is 0 Å². The Labute approximate surface area is 122 Å². The van der Waals surface area contributed by atoms with Crippen LogP contribution in [0.3, 0.4) is 0 Å². The first-order chi connectivity index (χ1) is 9.20. The van der Waals surface area contributed by atoms with E-state index in [-0.39, 0.29) is 6.04 Å². The highest BCUT2D eigenvalue weighted by molar-refractivity contribution is 7.31. The van der Waals surface area contributed by atoms with Crippen LogP contribution < -0.4 is 11.5 Å². The highest BCUT2D eigenvalue weighted by atomic mass is 31.1. The Morgan fingerprint density at radius 3 is 0.762 bits per heavy atom. The summed E-state index contributed by atoms with van der Waals surface area (Å²) in [5, 5.41) is 0. The van der Waals surface area contributed by atoms with E-state index < -0.39 is 33.0 Å². The first-order valence-electron chi connectivity index (χ1n) is 4.06. The molecule has 0 radical (unpaired) electrons. The molecule has 0 bridgehead atoms. The second kappa shape index (κ2) is 28.2. The Morgan fingerprint density at radius 1 is 0.714 bits per heavy atom. The number of nitrogens with two attached hydrogens (primary N) is 2. The van der Waals surface area contributed by atoms with Gasteiger partial charge in [0.05, 0.1) is 0 Å². The SMILES string of the molecule is CC(N)CN.O=[P+](O)O.O=[P+](O)O.O=[P+](O)O.O=[P+](O)O. The molecule has 0 rings (SSSR count). The number of hydrogen-bond donors (Lipinski definition) is 10. The summed E-state index contributed by atoms with van der Waals surface area (Å²) in [6.45, 7) is 2.46. The van der Waals surface area contributed by atoms with Crippen molar-refractivity contribution in [1.29, 1.82) is 0 Å². The lowest BCUT2D eigenvalue weighted by Crippen LogP contribution is -2.25. The van der Waals surface area contributed by atoms with Crippen molar-refractivity contribution in [3.8, 4) is 0 Å². The first kappa shape index (κ1) is 32.8. The zero-order valence-electron chi connectivity index (χ0n) is 10.4. The van der Waals surface area contributed by atoms with Gasteiger partial charge in [0.1, 0.15) is 0 Å². The fourth-order valence-corrected chi connectivity index (χ4v) is 0. The smallest absolute Gasteiger partial charge is 0.329 e. The zero-order chi connectivity index (χ0) is 18.6. The second-order valence-electron chi connectivity index (χ2n) is 2.22. The topological polar surface area (TPSA) is 282 Å². The van der Waals surface area contributed by atoms with Crippen molar-refractivity contribution in [2.24, 2.45) is 11.5 Å². The third-order valence-electron chi connectivity index (χ3n) is 0.372. The van der Waals surface area contributed by atoms with E-state index in [2.05, 4.69) is 0 Å². The maximum absolute atomic E-state index is 8.70. The van der Waals surface area contributed by atoms with Crippen LogP contribution in [0.15, 0.2) is 0 Å². The van der Waals surface area contributed by atoms with Crippen LogP contribution in [0.25, 0.3) is 0 Å². The van der Waals surface area contributed by atoms with Crippen LogP contribution in [0.2, 0.25) is 0 Å². The van der Waals surface area contributed by atoms with E-state index >= 15 is 0 Å². The fourth-order valence-electron chi connectivity index (χ4n) is 0. The molecule has 0 amide bonds. The number of hydrogen-bond acceptors (Lipinski definition) is 6. The Bertz CT molecular complexity index is 222. The summed E-state index contributed by atoms with van der Waals surface area (Å²) in [7, 11) is -11.5. The minimum absolute atomic E-state index is 0.162. The van der Waals surface area contributed by atoms with Gasteiger partial charge in [0.15, 0.2) is 0 Å². The summed E-state index contributed by atoms with van der Waals surface area (Å²) < 4.78 is 34.8. The van der Waals surface area contributed by atoms with Gasteiger partial charge in [-0.05, 0) is 6.92 Å². The van der Waals surface area contributed by atoms with Crippen LogP contribution in [-0.4, -0.2) is 51.7 Å². The minimum atomic E-state index is -2.87. The van der Waals surface area contributed by atoms with Crippen molar-refractivity contribution in [1.82, 2.24) is 0 Å². The van der Waals surface area contributed by atoms with Crippen molar-refractivity contribution >= 4 is 33.0 Å². The third-order valence-corrected chi connectivity index (χ3v) is 0.372. The van der Waals surface area contributed by atoms with Gasteiger partial charge in [-0.1, -0.05) is 0 Å². The molecule has 18 heteroatoms. The van der Waals surface area contributed by atoms with E-state index in [0.717, 1.165) is 0 Å². The monoisotopic (exact) mass is 398 g/mol. The molecule has 0 aliphatic rings. The van der Waals surface area contributed by atoms with Crippen LogP contribution in [0.5, 0.6) is 0 Å². The predicted molar refractivity (Wildman–Crippen MR) is 70.9 cm³/mol. The standard InChI is InChI=1S/C3H10N2.4HO3P/c1-3(5)2-4;4*1-4(2)3/h3H,2,4-5H2,1H3;4*(H-,1,2,3)/p+4. The van der Waals surface area contributed by atoms with Gasteiger partial charge in [0, 0.05) is 30.8 Å². The molecule has 0 heterocycles. The molecule has 0 saturated heterocycles. The Hall–Kier alpha value is -0.000000000000000153. The zero-order valence-corrected chi connectivity index (χ0v) is 14.0. The Kier molecular flexibility index (Phi) is 44.1. The van der Waals surface area contributed by atoms with Crippen molar-refractivity contribution in [3.63, 3.8) is 0 Å². The maximum atomic E-state index is 8.70. The molecule has 128 valence electrons. The van der Waals surface area contributed by atoms with E-state index in [9.17, 15) is 0 Å². The molecule has 1 unspecified atom stereocenters. The number of rotatable bonds is 1. The van der Waals surface area contributed by atoms with Crippen LogP contribution in [0.1, 0.15) is 6.92 Å². The quantitative estimate of drug-likeness (QED) is 0.210. The predicted octanol–water partition coefficient (Wildman–Crippen LogP) is -2.19. The first-order valence-corrected chi connectivity index (χ1v) is 8.72. The highest BCUT2D eigenvalue weighted by Crippen LogP contribution is 1.99. The summed E-state index contributed by atoms with van der Waals surface area (Å²) >= 11 is 0. The third kappa shape index (κ3) is 1620. The van der Waals surface area contributed by atoms with Gasteiger partial charge in [0.25, 0.3) is 0 Å². The lowest BCUT2D eigenvalue weighted by atomic mass is 10.4. The van der Waals surface area contributed by atoms with Crippen molar-refractivity contribution < 1.29 is 57.4 Å². The van der Waals surface area contributed by atoms with E-state index in [1.54, 1.807) is 0 Å². The molecule has 0 saturated carbocycles. The van der Waals surface area contributed by atoms with Gasteiger partial charge < -0.3 is 11.5 Å². The van der Waals surface area contributed by atoms with Crippen molar-refractivity contribution in [2.75, 3.05) is 6.54 Å². The van der Waals surface area contributed by atoms with Crippen LogP contribution in [0, 0.1) is 0 Å². The van der Waals surface area contributed by atoms with Gasteiger partial charge in [-0.25, -0.2) is 0 Å². The lowest BCUT2D eigenvalue weighted by molar-refractivity contribution is 0.403. The molecule has 0 spiro atoms. The van der Waals surface area contributed by atoms with Crippen molar-refractivity contribution in [3.05, 3.63) is 0 Å². The summed E-state index contributed by atoms with van der Waals surface area (Å²) in [5.41, 5.74) is 10.2. The Balaban J connectivity index is -0.0000000510. The molecular weight excluding hydrogens is 380 g/mol. The largest absolute Gasteiger partial charge is 0.692 e. The van der Waals surface area contributed by atoms with Crippen LogP contribution >= 0.6 is 33.0 Å². The summed E-state index contributed by atoms with van der Waals surface area (Å²) in [6.07, 6.45) is 0. The molecule has 0 aliphatic heterocycles. The molecule has 0 aliphatic carbocycles. The average molecular weight is 398 g/mol. The van der Waals surface area contributed by atoms with Crippen LogP contribution in [0.4, 0.5) is 0 Å². The van der Waals surface area contributed by atoms with Gasteiger partial charge >= 0.3 is 33.0 Å². The summed E-state index contributed by atoms with van der Waals surface area (Å²) in [4.78, 5) is 57.0. The molecule has 21 heavy (non-hydrogen) atoms. The second-order valence-corrected chi connectivity index (χ2v) is 4.25. The van der Waals surface area contributed by atoms with Gasteiger partial charge in [-0.15, -0.1) is 39.1 Å². The summed E-state index contributed by atoms with van der Waals surface area (Å²) in [5.74, 6) is 0. The molecule has 0 aromatic heterocycles. The van der Waals surface area contributed by atoms with E-state index in [1.165, 1.54) is 0 Å². The van der Waals surface area contributed by atoms with Gasteiger partial charge in [0.2, 0.25) is 0 Å². The minimum Gasteiger partial charge on any atom is -0.329 e. The van der Waals surface area contributed by atoms with Crippen LogP contribution in [-0.2, 0) is 18.3 Å². The average Bonchev–Trinajstić information content (AvgIpc) is 2.13. The van der Waals surface area contributed by atoms with Gasteiger partial charge in [-0.2, -0.15) is 0 Å². The maximum Gasteiger partial charge on any atom is 0.692 e. The van der Waals surface area contributed by atoms with E-state index in [0.29, 0.717) is 6.54 Å². The molecule has 0 fully saturated rings.